The number of carboxylic acids is 1. The van der Waals surface area contributed by atoms with Crippen LogP contribution in [-0.2, 0) is 11.3 Å². The molecule has 7 heteroatoms. The lowest BCUT2D eigenvalue weighted by Crippen LogP contribution is -2.03. The Morgan fingerprint density at radius 2 is 2.08 bits per heavy atom. The average Bonchev–Trinajstić information content (AvgIpc) is 2.91. The van der Waals surface area contributed by atoms with Crippen molar-refractivity contribution >= 4 is 40.5 Å². The Morgan fingerprint density at radius 3 is 2.88 bits per heavy atom. The van der Waals surface area contributed by atoms with Gasteiger partial charge in [-0.15, -0.1) is 0 Å². The van der Waals surface area contributed by atoms with Crippen LogP contribution in [0.4, 0.5) is 0 Å². The molecule has 3 aromatic rings. The Hall–Kier alpha value is -2.05. The minimum atomic E-state index is -0.776. The van der Waals surface area contributed by atoms with Crippen LogP contribution >= 0.6 is 23.4 Å². The Morgan fingerprint density at radius 1 is 1.25 bits per heavy atom. The third-order valence-electron chi connectivity index (χ3n) is 3.54. The first kappa shape index (κ1) is 16.8. The van der Waals surface area contributed by atoms with Crippen LogP contribution in [0.3, 0.4) is 0 Å². The predicted molar refractivity (Wildman–Crippen MR) is 95.7 cm³/mol. The summed E-state index contributed by atoms with van der Waals surface area (Å²) in [7, 11) is 0. The van der Waals surface area contributed by atoms with Crippen molar-refractivity contribution in [2.75, 3.05) is 5.75 Å². The summed E-state index contributed by atoms with van der Waals surface area (Å²) in [5.41, 5.74) is 2.64. The van der Waals surface area contributed by atoms with Gasteiger partial charge < -0.3 is 9.67 Å². The van der Waals surface area contributed by atoms with Crippen molar-refractivity contribution in [2.45, 2.75) is 24.5 Å². The van der Waals surface area contributed by atoms with Crippen LogP contribution in [-0.4, -0.2) is 31.4 Å². The molecule has 2 aromatic heterocycles. The van der Waals surface area contributed by atoms with E-state index in [1.165, 1.54) is 0 Å². The van der Waals surface area contributed by atoms with Gasteiger partial charge in [-0.3, -0.25) is 4.79 Å². The molecular formula is C17H16ClN3O2S. The number of carbonyl (C=O) groups is 1. The zero-order valence-corrected chi connectivity index (χ0v) is 14.4. The van der Waals surface area contributed by atoms with E-state index in [1.54, 1.807) is 18.0 Å². The fourth-order valence-electron chi connectivity index (χ4n) is 2.39. The molecule has 0 saturated heterocycles. The molecule has 0 aliphatic rings. The first-order chi connectivity index (χ1) is 11.6. The molecule has 0 fully saturated rings. The van der Waals surface area contributed by atoms with Gasteiger partial charge in [0.1, 0.15) is 0 Å². The molecule has 2 heterocycles. The van der Waals surface area contributed by atoms with Gasteiger partial charge in [0.15, 0.2) is 10.8 Å². The number of hydrogen-bond donors (Lipinski definition) is 1. The van der Waals surface area contributed by atoms with E-state index in [4.69, 9.17) is 16.7 Å². The van der Waals surface area contributed by atoms with Crippen LogP contribution in [0.1, 0.15) is 18.4 Å². The van der Waals surface area contributed by atoms with Gasteiger partial charge in [-0.25, -0.2) is 9.97 Å². The number of aliphatic carboxylic acids is 1. The molecule has 0 atom stereocenters. The van der Waals surface area contributed by atoms with Gasteiger partial charge in [-0.05, 0) is 30.2 Å². The quantitative estimate of drug-likeness (QED) is 0.507. The van der Waals surface area contributed by atoms with Crippen LogP contribution in [0, 0.1) is 0 Å². The summed E-state index contributed by atoms with van der Waals surface area (Å²) >= 11 is 7.83. The zero-order valence-electron chi connectivity index (χ0n) is 12.9. The lowest BCUT2D eigenvalue weighted by molar-refractivity contribution is -0.137. The third-order valence-corrected chi connectivity index (χ3v) is 4.97. The zero-order chi connectivity index (χ0) is 16.9. The molecular weight excluding hydrogens is 346 g/mol. The number of pyridine rings is 1. The van der Waals surface area contributed by atoms with Crippen molar-refractivity contribution in [3.8, 4) is 0 Å². The molecule has 0 aliphatic carbocycles. The Labute approximate surface area is 148 Å². The summed E-state index contributed by atoms with van der Waals surface area (Å²) in [4.78, 5) is 19.5. The maximum atomic E-state index is 10.6. The van der Waals surface area contributed by atoms with Crippen molar-refractivity contribution < 1.29 is 9.90 Å². The van der Waals surface area contributed by atoms with Gasteiger partial charge in [-0.2, -0.15) is 0 Å². The molecule has 0 amide bonds. The SMILES string of the molecule is O=C(O)CCCSc1nc2ncccc2n1Cc1ccccc1Cl. The number of imidazole rings is 1. The lowest BCUT2D eigenvalue weighted by atomic mass is 10.2. The number of fused-ring (bicyclic) bond motifs is 1. The maximum absolute atomic E-state index is 10.6. The van der Waals surface area contributed by atoms with E-state index in [0.717, 1.165) is 16.2 Å². The molecule has 124 valence electrons. The van der Waals surface area contributed by atoms with E-state index >= 15 is 0 Å². The van der Waals surface area contributed by atoms with E-state index in [-0.39, 0.29) is 6.42 Å². The average molecular weight is 362 g/mol. The van der Waals surface area contributed by atoms with Gasteiger partial charge in [-0.1, -0.05) is 41.6 Å². The first-order valence-electron chi connectivity index (χ1n) is 7.54. The summed E-state index contributed by atoms with van der Waals surface area (Å²) in [5.74, 6) is -0.0835. The van der Waals surface area contributed by atoms with Crippen LogP contribution in [0.2, 0.25) is 5.02 Å². The molecule has 1 N–H and O–H groups in total. The highest BCUT2D eigenvalue weighted by Crippen LogP contribution is 2.26. The normalized spacial score (nSPS) is 11.0. The van der Waals surface area contributed by atoms with Crippen molar-refractivity contribution in [1.82, 2.24) is 14.5 Å². The summed E-state index contributed by atoms with van der Waals surface area (Å²) in [5, 5.41) is 10.3. The minimum absolute atomic E-state index is 0.163. The molecule has 24 heavy (non-hydrogen) atoms. The van der Waals surface area contributed by atoms with Gasteiger partial charge >= 0.3 is 5.97 Å². The van der Waals surface area contributed by atoms with Crippen LogP contribution in [0.5, 0.6) is 0 Å². The molecule has 0 saturated carbocycles. The highest BCUT2D eigenvalue weighted by molar-refractivity contribution is 7.99. The van der Waals surface area contributed by atoms with E-state index in [0.29, 0.717) is 29.4 Å². The summed E-state index contributed by atoms with van der Waals surface area (Å²) in [6.45, 7) is 0.600. The second-order valence-corrected chi connectivity index (χ2v) is 6.73. The van der Waals surface area contributed by atoms with E-state index in [9.17, 15) is 4.79 Å². The fraction of sp³-hybridized carbons (Fsp3) is 0.235. The number of halogens is 1. The highest BCUT2D eigenvalue weighted by Gasteiger charge is 2.13. The largest absolute Gasteiger partial charge is 0.481 e. The van der Waals surface area contributed by atoms with Gasteiger partial charge in [0.25, 0.3) is 0 Å². The molecule has 5 nitrogen and oxygen atoms in total. The van der Waals surface area contributed by atoms with Gasteiger partial charge in [0, 0.05) is 23.4 Å². The molecule has 0 unspecified atom stereocenters. The Kier molecular flexibility index (Phi) is 5.37. The minimum Gasteiger partial charge on any atom is -0.481 e. The van der Waals surface area contributed by atoms with Crippen molar-refractivity contribution in [3.63, 3.8) is 0 Å². The fourth-order valence-corrected chi connectivity index (χ4v) is 3.52. The van der Waals surface area contributed by atoms with Gasteiger partial charge in [0.2, 0.25) is 0 Å². The lowest BCUT2D eigenvalue weighted by Gasteiger charge is -2.10. The summed E-state index contributed by atoms with van der Waals surface area (Å²) in [6, 6.07) is 11.6. The number of rotatable bonds is 7. The summed E-state index contributed by atoms with van der Waals surface area (Å²) in [6.07, 6.45) is 2.48. The maximum Gasteiger partial charge on any atom is 0.303 e. The Bertz CT molecular complexity index is 866. The van der Waals surface area contributed by atoms with Gasteiger partial charge in [0.05, 0.1) is 12.1 Å². The first-order valence-corrected chi connectivity index (χ1v) is 8.91. The number of thioether (sulfide) groups is 1. The van der Waals surface area contributed by atoms with Crippen molar-refractivity contribution in [2.24, 2.45) is 0 Å². The summed E-state index contributed by atoms with van der Waals surface area (Å²) < 4.78 is 2.08. The number of aromatic nitrogens is 3. The van der Waals surface area contributed by atoms with E-state index < -0.39 is 5.97 Å². The molecule has 0 spiro atoms. The Balaban J connectivity index is 1.87. The standard InChI is InChI=1S/C17H16ClN3O2S/c18-13-6-2-1-5-12(13)11-21-14-7-3-9-19-16(14)20-17(21)24-10-4-8-15(22)23/h1-3,5-7,9H,4,8,10-11H2,(H,22,23). The smallest absolute Gasteiger partial charge is 0.303 e. The highest BCUT2D eigenvalue weighted by atomic mass is 35.5. The molecule has 0 aliphatic heterocycles. The second-order valence-electron chi connectivity index (χ2n) is 5.26. The molecule has 0 bridgehead atoms. The number of nitrogens with zero attached hydrogens (tertiary/aromatic N) is 3. The number of benzene rings is 1. The van der Waals surface area contributed by atoms with E-state index in [1.807, 2.05) is 36.4 Å². The number of carboxylic acid groups (broad SMARTS) is 1. The van der Waals surface area contributed by atoms with Crippen molar-refractivity contribution in [3.05, 3.63) is 53.2 Å². The van der Waals surface area contributed by atoms with Crippen LogP contribution < -0.4 is 0 Å². The topological polar surface area (TPSA) is 68.0 Å². The molecule has 0 radical (unpaired) electrons. The van der Waals surface area contributed by atoms with E-state index in [2.05, 4.69) is 14.5 Å². The van der Waals surface area contributed by atoms with Crippen LogP contribution in [0.25, 0.3) is 11.2 Å². The predicted octanol–water partition coefficient (Wildman–Crippen LogP) is 4.09. The monoisotopic (exact) mass is 361 g/mol. The molecule has 3 rings (SSSR count). The number of hydrogen-bond acceptors (Lipinski definition) is 4. The van der Waals surface area contributed by atoms with Crippen LogP contribution in [0.15, 0.2) is 47.8 Å². The molecule has 1 aromatic carbocycles. The second kappa shape index (κ2) is 7.68. The third kappa shape index (κ3) is 3.88. The van der Waals surface area contributed by atoms with Crippen molar-refractivity contribution in [1.29, 1.82) is 0 Å².